The second-order valence-corrected chi connectivity index (χ2v) is 10.8. The average molecular weight is 578 g/mol. The van der Waals surface area contributed by atoms with Crippen molar-refractivity contribution in [2.75, 3.05) is 0 Å². The van der Waals surface area contributed by atoms with Crippen molar-refractivity contribution < 1.29 is 0 Å². The highest BCUT2D eigenvalue weighted by Crippen LogP contribution is 2.39. The van der Waals surface area contributed by atoms with Crippen molar-refractivity contribution in [2.45, 2.75) is 13.8 Å². The molecule has 0 N–H and O–H groups in total. The molecule has 7 rings (SSSR count). The van der Waals surface area contributed by atoms with E-state index in [2.05, 4.69) is 72.9 Å². The standard InChI is InChI=1S/C38H23N7/c1-23-42-24(2)44-38(43-23)34-17-26(22-40)10-13-37(34)45-35-14-11-29(27-7-4-6-25(16-27)21-39)19-32(35)33-20-30(12-15-36(33)45)28-8-5-9-31(18-28)41-3/h4-20H,1-2H3. The van der Waals surface area contributed by atoms with Crippen LogP contribution in [0.2, 0.25) is 0 Å². The molecular formula is C38H23N7. The van der Waals surface area contributed by atoms with Crippen molar-refractivity contribution in [1.82, 2.24) is 19.5 Å². The highest BCUT2D eigenvalue weighted by molar-refractivity contribution is 6.12. The van der Waals surface area contributed by atoms with Crippen molar-refractivity contribution in [2.24, 2.45) is 0 Å². The van der Waals surface area contributed by atoms with Crippen LogP contribution in [0.15, 0.2) is 103 Å². The van der Waals surface area contributed by atoms with E-state index >= 15 is 0 Å². The molecule has 0 amide bonds. The van der Waals surface area contributed by atoms with Gasteiger partial charge in [0, 0.05) is 16.3 Å². The molecule has 7 heteroatoms. The summed E-state index contributed by atoms with van der Waals surface area (Å²) in [5, 5.41) is 21.3. The van der Waals surface area contributed by atoms with Gasteiger partial charge in [0.25, 0.3) is 0 Å². The topological polar surface area (TPSA) is 95.5 Å². The Morgan fingerprint density at radius 1 is 0.622 bits per heavy atom. The summed E-state index contributed by atoms with van der Waals surface area (Å²) in [4.78, 5) is 17.3. The van der Waals surface area contributed by atoms with Crippen LogP contribution in [0.1, 0.15) is 22.8 Å². The molecule has 45 heavy (non-hydrogen) atoms. The molecule has 0 saturated heterocycles. The quantitative estimate of drug-likeness (QED) is 0.195. The molecule has 0 aliphatic heterocycles. The van der Waals surface area contributed by atoms with Crippen LogP contribution in [-0.4, -0.2) is 19.5 Å². The largest absolute Gasteiger partial charge is 0.308 e. The van der Waals surface area contributed by atoms with Gasteiger partial charge in [-0.25, -0.2) is 19.8 Å². The Balaban J connectivity index is 1.55. The maximum absolute atomic E-state index is 9.79. The third-order valence-corrected chi connectivity index (χ3v) is 7.87. The van der Waals surface area contributed by atoms with Crippen LogP contribution in [0, 0.1) is 43.1 Å². The number of hydrogen-bond donors (Lipinski definition) is 0. The third-order valence-electron chi connectivity index (χ3n) is 7.87. The molecule has 5 aromatic carbocycles. The molecule has 0 spiro atoms. The van der Waals surface area contributed by atoms with Gasteiger partial charge in [-0.05, 0) is 96.8 Å². The van der Waals surface area contributed by atoms with Crippen LogP contribution < -0.4 is 0 Å². The van der Waals surface area contributed by atoms with Crippen molar-refractivity contribution in [3.05, 3.63) is 137 Å². The first-order chi connectivity index (χ1) is 21.9. The second-order valence-electron chi connectivity index (χ2n) is 10.8. The average Bonchev–Trinajstić information content (AvgIpc) is 3.40. The van der Waals surface area contributed by atoms with Crippen molar-refractivity contribution >= 4 is 27.5 Å². The van der Waals surface area contributed by atoms with E-state index < -0.39 is 0 Å². The van der Waals surface area contributed by atoms with Crippen molar-refractivity contribution in [3.8, 4) is 51.5 Å². The molecule has 0 fully saturated rings. The van der Waals surface area contributed by atoms with E-state index in [1.54, 1.807) is 12.1 Å². The molecule has 7 nitrogen and oxygen atoms in total. The molecule has 2 aromatic heterocycles. The van der Waals surface area contributed by atoms with Crippen LogP contribution in [0.25, 0.3) is 66.0 Å². The van der Waals surface area contributed by atoms with Crippen LogP contribution >= 0.6 is 0 Å². The first-order valence-corrected chi connectivity index (χ1v) is 14.3. The summed E-state index contributed by atoms with van der Waals surface area (Å²) in [6.45, 7) is 11.2. The zero-order chi connectivity index (χ0) is 31.1. The maximum Gasteiger partial charge on any atom is 0.187 e. The summed E-state index contributed by atoms with van der Waals surface area (Å²) in [6, 6.07) is 37.9. The monoisotopic (exact) mass is 577 g/mol. The molecule has 2 heterocycles. The zero-order valence-electron chi connectivity index (χ0n) is 24.4. The normalized spacial score (nSPS) is 10.8. The van der Waals surface area contributed by atoms with Gasteiger partial charge in [0.1, 0.15) is 11.6 Å². The summed E-state index contributed by atoms with van der Waals surface area (Å²) in [5.74, 6) is 1.70. The summed E-state index contributed by atoms with van der Waals surface area (Å²) in [5.41, 5.74) is 9.07. The predicted octanol–water partition coefficient (Wildman–Crippen LogP) is 8.88. The Hall–Kier alpha value is -6.62. The van der Waals surface area contributed by atoms with E-state index in [-0.39, 0.29) is 0 Å². The smallest absolute Gasteiger partial charge is 0.187 e. The van der Waals surface area contributed by atoms with Gasteiger partial charge in [-0.15, -0.1) is 0 Å². The number of hydrogen-bond acceptors (Lipinski definition) is 5. The number of rotatable bonds is 4. The SMILES string of the molecule is [C-]#[N+]c1cccc(-c2ccc3c(c2)c2cc(-c4cccc(C#N)c4)ccc2n3-c2ccc(C#N)cc2-c2nc(C)nc(C)n2)c1. The summed E-state index contributed by atoms with van der Waals surface area (Å²) in [7, 11) is 0. The van der Waals surface area contributed by atoms with Crippen LogP contribution in [-0.2, 0) is 0 Å². The summed E-state index contributed by atoms with van der Waals surface area (Å²) < 4.78 is 2.18. The van der Waals surface area contributed by atoms with E-state index in [1.165, 1.54) is 0 Å². The Morgan fingerprint density at radius 2 is 1.20 bits per heavy atom. The Bertz CT molecular complexity index is 2310. The first-order valence-electron chi connectivity index (χ1n) is 14.3. The van der Waals surface area contributed by atoms with Gasteiger partial charge in [-0.2, -0.15) is 10.5 Å². The van der Waals surface area contributed by atoms with E-state index in [0.29, 0.717) is 34.3 Å². The van der Waals surface area contributed by atoms with E-state index in [1.807, 2.05) is 68.4 Å². The maximum atomic E-state index is 9.79. The van der Waals surface area contributed by atoms with Gasteiger partial charge in [-0.1, -0.05) is 42.5 Å². The fraction of sp³-hybridized carbons (Fsp3) is 0.0526. The number of nitriles is 2. The molecule has 0 unspecified atom stereocenters. The Labute approximate surface area is 259 Å². The van der Waals surface area contributed by atoms with Crippen molar-refractivity contribution in [3.63, 3.8) is 0 Å². The number of fused-ring (bicyclic) bond motifs is 3. The summed E-state index contributed by atoms with van der Waals surface area (Å²) >= 11 is 0. The lowest BCUT2D eigenvalue weighted by Gasteiger charge is -2.14. The fourth-order valence-electron chi connectivity index (χ4n) is 5.88. The lowest BCUT2D eigenvalue weighted by atomic mass is 9.99. The van der Waals surface area contributed by atoms with Crippen LogP contribution in [0.3, 0.4) is 0 Å². The van der Waals surface area contributed by atoms with E-state index in [4.69, 9.17) is 6.57 Å². The molecular weight excluding hydrogens is 554 g/mol. The molecule has 0 aliphatic rings. The summed E-state index contributed by atoms with van der Waals surface area (Å²) in [6.07, 6.45) is 0. The molecule has 210 valence electrons. The van der Waals surface area contributed by atoms with Crippen LogP contribution in [0.5, 0.6) is 0 Å². The van der Waals surface area contributed by atoms with E-state index in [0.717, 1.165) is 55.3 Å². The highest BCUT2D eigenvalue weighted by Gasteiger charge is 2.19. The fourth-order valence-corrected chi connectivity index (χ4v) is 5.88. The molecule has 0 bridgehead atoms. The van der Waals surface area contributed by atoms with Gasteiger partial charge in [0.2, 0.25) is 0 Å². The van der Waals surface area contributed by atoms with Crippen molar-refractivity contribution in [1.29, 1.82) is 10.5 Å². The number of aromatic nitrogens is 4. The number of nitrogens with zero attached hydrogens (tertiary/aromatic N) is 7. The molecule has 0 radical (unpaired) electrons. The lowest BCUT2D eigenvalue weighted by Crippen LogP contribution is -2.03. The van der Waals surface area contributed by atoms with Crippen LogP contribution in [0.4, 0.5) is 5.69 Å². The lowest BCUT2D eigenvalue weighted by molar-refractivity contribution is 0.926. The van der Waals surface area contributed by atoms with E-state index in [9.17, 15) is 10.5 Å². The van der Waals surface area contributed by atoms with Gasteiger partial charge in [0.15, 0.2) is 11.5 Å². The first kappa shape index (κ1) is 27.2. The number of benzene rings is 5. The van der Waals surface area contributed by atoms with Gasteiger partial charge < -0.3 is 4.57 Å². The minimum Gasteiger partial charge on any atom is -0.308 e. The molecule has 0 aliphatic carbocycles. The van der Waals surface area contributed by atoms with Gasteiger partial charge in [0.05, 0.1) is 46.6 Å². The minimum atomic E-state index is 0.500. The zero-order valence-corrected chi connectivity index (χ0v) is 24.4. The minimum absolute atomic E-state index is 0.500. The Morgan fingerprint density at radius 3 is 1.82 bits per heavy atom. The molecule has 0 saturated carbocycles. The number of aryl methyl sites for hydroxylation is 2. The molecule has 7 aromatic rings. The third kappa shape index (κ3) is 4.83. The molecule has 0 atom stereocenters. The highest BCUT2D eigenvalue weighted by atomic mass is 15.0. The van der Waals surface area contributed by atoms with Gasteiger partial charge >= 0.3 is 0 Å². The Kier molecular flexibility index (Phi) is 6.59. The predicted molar refractivity (Wildman–Crippen MR) is 176 cm³/mol. The second kappa shape index (κ2) is 10.9. The van der Waals surface area contributed by atoms with Gasteiger partial charge in [-0.3, -0.25) is 0 Å².